The third kappa shape index (κ3) is 2.76. The molecule has 0 aromatic carbocycles. The normalized spacial score (nSPS) is 27.5. The van der Waals surface area contributed by atoms with Crippen LogP contribution in [-0.2, 0) is 0 Å². The van der Waals surface area contributed by atoms with Crippen LogP contribution in [0, 0.1) is 16.7 Å². The lowest BCUT2D eigenvalue weighted by molar-refractivity contribution is 0.411. The largest absolute Gasteiger partial charge is 0.324 e. The van der Waals surface area contributed by atoms with Crippen molar-refractivity contribution in [3.63, 3.8) is 0 Å². The molecule has 1 rings (SSSR count). The maximum Gasteiger partial charge on any atom is 0.0323 e. The Labute approximate surface area is 101 Å². The van der Waals surface area contributed by atoms with Gasteiger partial charge in [-0.1, -0.05) is 60.6 Å². The first-order chi connectivity index (χ1) is 7.03. The Balaban J connectivity index is 3.18. The molecule has 1 heteroatoms. The predicted molar refractivity (Wildman–Crippen MR) is 72.2 cm³/mol. The number of hydrogen-bond acceptors (Lipinski definition) is 1. The molecule has 92 valence electrons. The first-order valence-corrected chi connectivity index (χ1v) is 6.23. The molecule has 0 fully saturated rings. The Morgan fingerprint density at radius 3 is 1.88 bits per heavy atom. The van der Waals surface area contributed by atoms with Gasteiger partial charge in [-0.25, -0.2) is 0 Å². The van der Waals surface area contributed by atoms with E-state index < -0.39 is 0 Å². The summed E-state index contributed by atoms with van der Waals surface area (Å²) in [6.45, 7) is 15.7. The summed E-state index contributed by atoms with van der Waals surface area (Å²) in [6.07, 6.45) is 4.66. The van der Waals surface area contributed by atoms with E-state index in [1.807, 2.05) is 0 Å². The Morgan fingerprint density at radius 1 is 1.00 bits per heavy atom. The lowest BCUT2D eigenvalue weighted by Gasteiger charge is -2.37. The predicted octanol–water partition coefficient (Wildman–Crippen LogP) is 3.91. The van der Waals surface area contributed by atoms with Crippen molar-refractivity contribution in [2.24, 2.45) is 22.5 Å². The molecule has 0 radical (unpaired) electrons. The van der Waals surface area contributed by atoms with Gasteiger partial charge in [0.25, 0.3) is 0 Å². The Morgan fingerprint density at radius 2 is 1.50 bits per heavy atom. The van der Waals surface area contributed by atoms with E-state index in [4.69, 9.17) is 5.73 Å². The van der Waals surface area contributed by atoms with Crippen LogP contribution < -0.4 is 5.73 Å². The number of rotatable bonds is 0. The van der Waals surface area contributed by atoms with Gasteiger partial charge >= 0.3 is 0 Å². The average molecular weight is 221 g/mol. The van der Waals surface area contributed by atoms with Gasteiger partial charge in [-0.3, -0.25) is 0 Å². The van der Waals surface area contributed by atoms with Gasteiger partial charge in [0.1, 0.15) is 0 Å². The van der Waals surface area contributed by atoms with E-state index in [-0.39, 0.29) is 16.9 Å². The van der Waals surface area contributed by atoms with Crippen molar-refractivity contribution in [3.8, 4) is 0 Å². The van der Waals surface area contributed by atoms with Gasteiger partial charge in [-0.15, -0.1) is 0 Å². The molecule has 2 atom stereocenters. The fraction of sp³-hybridized carbons (Fsp3) is 0.733. The highest BCUT2D eigenvalue weighted by molar-refractivity contribution is 5.38. The van der Waals surface area contributed by atoms with Gasteiger partial charge in [-0.2, -0.15) is 0 Å². The molecule has 0 saturated heterocycles. The molecule has 1 aliphatic rings. The molecule has 0 heterocycles. The van der Waals surface area contributed by atoms with Crippen molar-refractivity contribution in [3.05, 3.63) is 23.3 Å². The first kappa shape index (κ1) is 13.5. The number of allylic oxidation sites excluding steroid dienone is 2. The third-order valence-electron chi connectivity index (χ3n) is 3.41. The van der Waals surface area contributed by atoms with Crippen molar-refractivity contribution in [2.75, 3.05) is 0 Å². The van der Waals surface area contributed by atoms with E-state index in [1.54, 1.807) is 0 Å². The van der Waals surface area contributed by atoms with Crippen LogP contribution in [0.5, 0.6) is 0 Å². The van der Waals surface area contributed by atoms with Crippen molar-refractivity contribution in [2.45, 2.75) is 54.5 Å². The van der Waals surface area contributed by atoms with Crippen LogP contribution in [0.15, 0.2) is 23.3 Å². The minimum Gasteiger partial charge on any atom is -0.324 e. The van der Waals surface area contributed by atoms with Crippen LogP contribution >= 0.6 is 0 Å². The van der Waals surface area contributed by atoms with E-state index in [9.17, 15) is 0 Å². The van der Waals surface area contributed by atoms with Crippen LogP contribution in [0.2, 0.25) is 0 Å². The smallest absolute Gasteiger partial charge is 0.0323 e. The fourth-order valence-electron chi connectivity index (χ4n) is 2.17. The average Bonchev–Trinajstić information content (AvgIpc) is 2.05. The van der Waals surface area contributed by atoms with Crippen molar-refractivity contribution < 1.29 is 0 Å². The second kappa shape index (κ2) is 4.03. The summed E-state index contributed by atoms with van der Waals surface area (Å²) in [5.41, 5.74) is 9.48. The lowest BCUT2D eigenvalue weighted by Crippen LogP contribution is -2.38. The van der Waals surface area contributed by atoms with E-state index in [1.165, 1.54) is 11.1 Å². The maximum absolute atomic E-state index is 6.30. The highest BCUT2D eigenvalue weighted by Gasteiger charge is 2.31. The summed E-state index contributed by atoms with van der Waals surface area (Å²) in [7, 11) is 0. The maximum atomic E-state index is 6.30. The molecule has 1 nitrogen and oxygen atoms in total. The minimum absolute atomic E-state index is 0.165. The summed E-state index contributed by atoms with van der Waals surface area (Å²) in [4.78, 5) is 0. The molecule has 0 aromatic rings. The zero-order valence-corrected chi connectivity index (χ0v) is 11.9. The second-order valence-corrected chi connectivity index (χ2v) is 7.11. The van der Waals surface area contributed by atoms with E-state index in [2.05, 4.69) is 60.6 Å². The van der Waals surface area contributed by atoms with Crippen LogP contribution in [0.1, 0.15) is 48.5 Å². The SMILES string of the molecule is CC1C=C(C(C)(C)C)C=C(C(C)(C)C)C1N. The lowest BCUT2D eigenvalue weighted by atomic mass is 9.71. The van der Waals surface area contributed by atoms with Gasteiger partial charge in [0.05, 0.1) is 0 Å². The quantitative estimate of drug-likeness (QED) is 0.659. The molecule has 0 saturated carbocycles. The fourth-order valence-corrected chi connectivity index (χ4v) is 2.17. The van der Waals surface area contributed by atoms with Crippen molar-refractivity contribution >= 4 is 0 Å². The summed E-state index contributed by atoms with van der Waals surface area (Å²) in [6, 6.07) is 0.172. The van der Waals surface area contributed by atoms with Crippen molar-refractivity contribution in [1.29, 1.82) is 0 Å². The molecule has 1 aliphatic carbocycles. The van der Waals surface area contributed by atoms with Crippen molar-refractivity contribution in [1.82, 2.24) is 0 Å². The molecule has 0 amide bonds. The molecule has 2 N–H and O–H groups in total. The molecule has 2 unspecified atom stereocenters. The summed E-state index contributed by atoms with van der Waals surface area (Å²) >= 11 is 0. The zero-order chi connectivity index (χ0) is 12.7. The highest BCUT2D eigenvalue weighted by Crippen LogP contribution is 2.39. The zero-order valence-electron chi connectivity index (χ0n) is 11.9. The molecule has 0 spiro atoms. The summed E-state index contributed by atoms with van der Waals surface area (Å²) in [5.74, 6) is 0.438. The molecular formula is C15H27N. The Kier molecular flexibility index (Phi) is 3.40. The van der Waals surface area contributed by atoms with Crippen LogP contribution in [-0.4, -0.2) is 6.04 Å². The van der Waals surface area contributed by atoms with Gasteiger partial charge in [0, 0.05) is 6.04 Å². The van der Waals surface area contributed by atoms with E-state index >= 15 is 0 Å². The van der Waals surface area contributed by atoms with Gasteiger partial charge in [0.2, 0.25) is 0 Å². The molecule has 0 bridgehead atoms. The molecule has 16 heavy (non-hydrogen) atoms. The Hall–Kier alpha value is -0.560. The third-order valence-corrected chi connectivity index (χ3v) is 3.41. The van der Waals surface area contributed by atoms with Gasteiger partial charge in [-0.05, 0) is 27.9 Å². The van der Waals surface area contributed by atoms with Crippen LogP contribution in [0.4, 0.5) is 0 Å². The number of nitrogens with two attached hydrogens (primary N) is 1. The van der Waals surface area contributed by atoms with Gasteiger partial charge in [0.15, 0.2) is 0 Å². The summed E-state index contributed by atoms with van der Waals surface area (Å²) in [5, 5.41) is 0. The molecule has 0 aromatic heterocycles. The van der Waals surface area contributed by atoms with Crippen LogP contribution in [0.25, 0.3) is 0 Å². The van der Waals surface area contributed by atoms with Gasteiger partial charge < -0.3 is 5.73 Å². The second-order valence-electron chi connectivity index (χ2n) is 7.11. The summed E-state index contributed by atoms with van der Waals surface area (Å²) < 4.78 is 0. The number of hydrogen-bond donors (Lipinski definition) is 1. The van der Waals surface area contributed by atoms with Crippen LogP contribution in [0.3, 0.4) is 0 Å². The first-order valence-electron chi connectivity index (χ1n) is 6.23. The van der Waals surface area contributed by atoms with E-state index in [0.29, 0.717) is 5.92 Å². The molecule has 0 aliphatic heterocycles. The van der Waals surface area contributed by atoms with E-state index in [0.717, 1.165) is 0 Å². The molecular weight excluding hydrogens is 194 g/mol. The standard InChI is InChI=1S/C15H27N/c1-10-8-11(14(2,3)4)9-12(13(10)16)15(5,6)7/h8-10,13H,16H2,1-7H3. The highest BCUT2D eigenvalue weighted by atomic mass is 14.7. The Bertz CT molecular complexity index is 320. The minimum atomic E-state index is 0.165. The monoisotopic (exact) mass is 221 g/mol. The topological polar surface area (TPSA) is 26.0 Å².